The zero-order valence-electron chi connectivity index (χ0n) is 17.6. The van der Waals surface area contributed by atoms with Crippen LogP contribution in [0.4, 0.5) is 5.69 Å². The normalized spacial score (nSPS) is 22.5. The van der Waals surface area contributed by atoms with Crippen molar-refractivity contribution < 1.29 is 23.8 Å². The number of aryl methyl sites for hydroxylation is 1. The SMILES string of the molecule is Cc1ccc2c(c1)NC(=O)C(C)(C(=O)N1CCN(Cc3ccc4c(c3)OCO4)CC1)O2. The predicted octanol–water partition coefficient (Wildman–Crippen LogP) is 2.16. The molecule has 1 unspecified atom stereocenters. The van der Waals surface area contributed by atoms with Crippen LogP contribution < -0.4 is 19.5 Å². The van der Waals surface area contributed by atoms with Gasteiger partial charge < -0.3 is 24.4 Å². The number of carbonyl (C=O) groups is 2. The second-order valence-corrected chi connectivity index (χ2v) is 8.35. The van der Waals surface area contributed by atoms with Gasteiger partial charge in [-0.25, -0.2) is 0 Å². The molecular weight excluding hydrogens is 398 g/mol. The molecule has 3 aliphatic rings. The molecule has 0 bridgehead atoms. The molecule has 2 amide bonds. The largest absolute Gasteiger partial charge is 0.466 e. The number of hydrogen-bond donors (Lipinski definition) is 1. The Bertz CT molecular complexity index is 1050. The van der Waals surface area contributed by atoms with Crippen molar-refractivity contribution in [2.75, 3.05) is 38.3 Å². The van der Waals surface area contributed by atoms with Gasteiger partial charge in [0.2, 0.25) is 6.79 Å². The van der Waals surface area contributed by atoms with E-state index < -0.39 is 11.5 Å². The van der Waals surface area contributed by atoms with E-state index in [0.717, 1.165) is 29.2 Å². The van der Waals surface area contributed by atoms with E-state index in [1.807, 2.05) is 37.3 Å². The molecule has 8 heteroatoms. The molecular formula is C23H25N3O5. The lowest BCUT2D eigenvalue weighted by atomic mass is 9.99. The van der Waals surface area contributed by atoms with Crippen LogP contribution in [-0.2, 0) is 16.1 Å². The van der Waals surface area contributed by atoms with Crippen LogP contribution in [0.25, 0.3) is 0 Å². The third kappa shape index (κ3) is 3.57. The van der Waals surface area contributed by atoms with E-state index in [0.29, 0.717) is 37.6 Å². The maximum atomic E-state index is 13.2. The molecule has 0 aromatic heterocycles. The van der Waals surface area contributed by atoms with Gasteiger partial charge in [0.15, 0.2) is 11.5 Å². The van der Waals surface area contributed by atoms with E-state index in [9.17, 15) is 9.59 Å². The number of amides is 2. The predicted molar refractivity (Wildman–Crippen MR) is 113 cm³/mol. The molecule has 0 spiro atoms. The number of rotatable bonds is 3. The van der Waals surface area contributed by atoms with Gasteiger partial charge in [-0.3, -0.25) is 14.5 Å². The van der Waals surface area contributed by atoms with Gasteiger partial charge in [-0.05, 0) is 49.2 Å². The van der Waals surface area contributed by atoms with Crippen LogP contribution in [0.2, 0.25) is 0 Å². The van der Waals surface area contributed by atoms with Crippen LogP contribution in [0.15, 0.2) is 36.4 Å². The Hall–Kier alpha value is -3.26. The van der Waals surface area contributed by atoms with Crippen LogP contribution >= 0.6 is 0 Å². The second kappa shape index (κ2) is 7.46. The summed E-state index contributed by atoms with van der Waals surface area (Å²) in [5.74, 6) is 1.32. The quantitative estimate of drug-likeness (QED) is 0.763. The molecule has 1 saturated heterocycles. The number of nitrogens with zero attached hydrogens (tertiary/aromatic N) is 2. The summed E-state index contributed by atoms with van der Waals surface area (Å²) in [6.07, 6.45) is 0. The van der Waals surface area contributed by atoms with E-state index >= 15 is 0 Å². The first-order valence-corrected chi connectivity index (χ1v) is 10.4. The lowest BCUT2D eigenvalue weighted by Crippen LogP contribution is -2.62. The van der Waals surface area contributed by atoms with E-state index in [-0.39, 0.29) is 12.7 Å². The van der Waals surface area contributed by atoms with Crippen molar-refractivity contribution >= 4 is 17.5 Å². The van der Waals surface area contributed by atoms with E-state index in [2.05, 4.69) is 10.2 Å². The Morgan fingerprint density at radius 3 is 2.58 bits per heavy atom. The fourth-order valence-corrected chi connectivity index (χ4v) is 4.19. The smallest absolute Gasteiger partial charge is 0.278 e. The minimum atomic E-state index is -1.57. The molecule has 1 N–H and O–H groups in total. The molecule has 2 aromatic rings. The monoisotopic (exact) mass is 423 g/mol. The molecule has 162 valence electrons. The van der Waals surface area contributed by atoms with Gasteiger partial charge in [-0.2, -0.15) is 0 Å². The summed E-state index contributed by atoms with van der Waals surface area (Å²) in [7, 11) is 0. The third-order valence-corrected chi connectivity index (χ3v) is 6.04. The van der Waals surface area contributed by atoms with Crippen LogP contribution in [0.3, 0.4) is 0 Å². The van der Waals surface area contributed by atoms with Crippen molar-refractivity contribution in [3.63, 3.8) is 0 Å². The van der Waals surface area contributed by atoms with Crippen molar-refractivity contribution in [1.29, 1.82) is 0 Å². The van der Waals surface area contributed by atoms with Crippen LogP contribution in [-0.4, -0.2) is 60.2 Å². The van der Waals surface area contributed by atoms with E-state index in [4.69, 9.17) is 14.2 Å². The fourth-order valence-electron chi connectivity index (χ4n) is 4.19. The van der Waals surface area contributed by atoms with Gasteiger partial charge in [0.25, 0.3) is 17.4 Å². The number of fused-ring (bicyclic) bond motifs is 2. The third-order valence-electron chi connectivity index (χ3n) is 6.04. The van der Waals surface area contributed by atoms with Gasteiger partial charge >= 0.3 is 0 Å². The van der Waals surface area contributed by atoms with Crippen molar-refractivity contribution in [3.05, 3.63) is 47.5 Å². The number of carbonyl (C=O) groups excluding carboxylic acids is 2. The molecule has 0 saturated carbocycles. The highest BCUT2D eigenvalue weighted by atomic mass is 16.7. The Labute approximate surface area is 180 Å². The molecule has 8 nitrogen and oxygen atoms in total. The number of nitrogens with one attached hydrogen (secondary N) is 1. The van der Waals surface area contributed by atoms with E-state index in [1.165, 1.54) is 0 Å². The summed E-state index contributed by atoms with van der Waals surface area (Å²) < 4.78 is 16.7. The molecule has 0 aliphatic carbocycles. The number of anilines is 1. The molecule has 2 aromatic carbocycles. The van der Waals surface area contributed by atoms with Gasteiger partial charge in [0.05, 0.1) is 5.69 Å². The topological polar surface area (TPSA) is 80.3 Å². The summed E-state index contributed by atoms with van der Waals surface area (Å²) >= 11 is 0. The molecule has 3 aliphatic heterocycles. The summed E-state index contributed by atoms with van der Waals surface area (Å²) in [6, 6.07) is 11.5. The standard InChI is InChI=1S/C23H25N3O5/c1-15-3-5-18-17(11-15)24-21(27)23(2,31-18)22(28)26-9-7-25(8-10-26)13-16-4-6-19-20(12-16)30-14-29-19/h3-6,11-12H,7-10,13-14H2,1-2H3,(H,24,27). The zero-order valence-corrected chi connectivity index (χ0v) is 17.6. The van der Waals surface area contributed by atoms with Crippen molar-refractivity contribution in [3.8, 4) is 17.2 Å². The molecule has 31 heavy (non-hydrogen) atoms. The fraction of sp³-hybridized carbons (Fsp3) is 0.391. The Morgan fingerprint density at radius 1 is 1.03 bits per heavy atom. The minimum absolute atomic E-state index is 0.262. The highest BCUT2D eigenvalue weighted by molar-refractivity contribution is 6.15. The number of piperazine rings is 1. The van der Waals surface area contributed by atoms with Crippen molar-refractivity contribution in [1.82, 2.24) is 9.80 Å². The number of hydrogen-bond acceptors (Lipinski definition) is 6. The van der Waals surface area contributed by atoms with Crippen LogP contribution in [0.1, 0.15) is 18.1 Å². The Balaban J connectivity index is 1.22. The maximum Gasteiger partial charge on any atom is 0.278 e. The number of benzene rings is 2. The molecule has 0 radical (unpaired) electrons. The molecule has 3 heterocycles. The lowest BCUT2D eigenvalue weighted by Gasteiger charge is -2.40. The summed E-state index contributed by atoms with van der Waals surface area (Å²) in [5.41, 5.74) is 1.18. The maximum absolute atomic E-state index is 13.2. The Kier molecular flexibility index (Phi) is 4.74. The van der Waals surface area contributed by atoms with Gasteiger partial charge in [-0.15, -0.1) is 0 Å². The molecule has 5 rings (SSSR count). The molecule has 1 atom stereocenters. The van der Waals surface area contributed by atoms with Gasteiger partial charge in [-0.1, -0.05) is 12.1 Å². The van der Waals surface area contributed by atoms with Crippen molar-refractivity contribution in [2.45, 2.75) is 26.0 Å². The first-order valence-electron chi connectivity index (χ1n) is 10.4. The Morgan fingerprint density at radius 2 is 1.77 bits per heavy atom. The summed E-state index contributed by atoms with van der Waals surface area (Å²) in [6.45, 7) is 7.02. The summed E-state index contributed by atoms with van der Waals surface area (Å²) in [5, 5.41) is 2.83. The van der Waals surface area contributed by atoms with Gasteiger partial charge in [0, 0.05) is 32.7 Å². The number of ether oxygens (including phenoxy) is 3. The average molecular weight is 423 g/mol. The molecule has 1 fully saturated rings. The van der Waals surface area contributed by atoms with Crippen molar-refractivity contribution in [2.24, 2.45) is 0 Å². The highest BCUT2D eigenvalue weighted by Gasteiger charge is 2.49. The van der Waals surface area contributed by atoms with E-state index in [1.54, 1.807) is 17.9 Å². The van der Waals surface area contributed by atoms with Crippen LogP contribution in [0.5, 0.6) is 17.2 Å². The average Bonchev–Trinajstić information content (AvgIpc) is 3.23. The zero-order chi connectivity index (χ0) is 21.6. The summed E-state index contributed by atoms with van der Waals surface area (Å²) in [4.78, 5) is 30.0. The highest BCUT2D eigenvalue weighted by Crippen LogP contribution is 2.36. The second-order valence-electron chi connectivity index (χ2n) is 8.35. The first kappa shape index (κ1) is 19.7. The first-order chi connectivity index (χ1) is 14.9. The van der Waals surface area contributed by atoms with Gasteiger partial charge in [0.1, 0.15) is 5.75 Å². The minimum Gasteiger partial charge on any atom is -0.466 e. The van der Waals surface area contributed by atoms with Crippen LogP contribution in [0, 0.1) is 6.92 Å². The lowest BCUT2D eigenvalue weighted by molar-refractivity contribution is -0.155.